The number of ether oxygens (including phenoxy) is 1. The summed E-state index contributed by atoms with van der Waals surface area (Å²) >= 11 is 0. The Morgan fingerprint density at radius 1 is 0.821 bits per heavy atom. The fraction of sp³-hybridized carbons (Fsp3) is 0.243. The van der Waals surface area contributed by atoms with Crippen molar-refractivity contribution in [2.75, 3.05) is 10.2 Å². The third-order valence-electron chi connectivity index (χ3n) is 7.10. The molecule has 0 fully saturated rings. The molecule has 0 aromatic heterocycles. The Hall–Kier alpha value is -6.60. The van der Waals surface area contributed by atoms with Crippen LogP contribution in [0, 0.1) is 31.9 Å². The van der Waals surface area contributed by atoms with Crippen LogP contribution in [-0.4, -0.2) is 57.4 Å². The lowest BCUT2D eigenvalue weighted by Gasteiger charge is -2.27. The number of nitro groups is 2. The monoisotopic (exact) mass is 778 g/mol. The van der Waals surface area contributed by atoms with Gasteiger partial charge in [-0.1, -0.05) is 62.4 Å². The molecular weight excluding hydrogens is 737 g/mol. The van der Waals surface area contributed by atoms with Crippen LogP contribution in [0.25, 0.3) is 0 Å². The zero-order chi connectivity index (χ0) is 42.2. The normalized spacial score (nSPS) is 10.9. The first kappa shape index (κ1) is 45.6. The van der Waals surface area contributed by atoms with Crippen molar-refractivity contribution in [3.63, 3.8) is 0 Å². The van der Waals surface area contributed by atoms with Crippen LogP contribution in [-0.2, 0) is 9.53 Å². The van der Waals surface area contributed by atoms with Gasteiger partial charge in [-0.2, -0.15) is 0 Å². The maximum absolute atomic E-state index is 14.5. The van der Waals surface area contributed by atoms with E-state index in [2.05, 4.69) is 10.6 Å². The van der Waals surface area contributed by atoms with Crippen LogP contribution < -0.4 is 21.2 Å². The summed E-state index contributed by atoms with van der Waals surface area (Å²) in [5, 5.41) is 35.1. The Balaban J connectivity index is 0.000000379. The number of nitrogens with zero attached hydrogens (tertiary/aromatic N) is 3. The van der Waals surface area contributed by atoms with Gasteiger partial charge in [0.1, 0.15) is 23.3 Å². The lowest BCUT2D eigenvalue weighted by atomic mass is 9.83. The van der Waals surface area contributed by atoms with Crippen LogP contribution in [0.2, 0.25) is 6.32 Å². The minimum atomic E-state index is -1.23. The van der Waals surface area contributed by atoms with Crippen molar-refractivity contribution in [2.24, 2.45) is 5.64 Å². The number of halogens is 2. The van der Waals surface area contributed by atoms with Gasteiger partial charge < -0.3 is 26.0 Å². The van der Waals surface area contributed by atoms with Gasteiger partial charge in [-0.3, -0.25) is 34.6 Å². The molecule has 0 radical (unpaired) electrons. The molecule has 1 atom stereocenters. The molecule has 4 aromatic carbocycles. The van der Waals surface area contributed by atoms with E-state index < -0.39 is 86.5 Å². The Kier molecular flexibility index (Phi) is 17.4. The maximum Gasteiger partial charge on any atom is 0.408 e. The van der Waals surface area contributed by atoms with Crippen molar-refractivity contribution in [3.05, 3.63) is 140 Å². The smallest absolute Gasteiger partial charge is 0.408 e. The number of nitrogens with one attached hydrogen (secondary N) is 2. The highest BCUT2D eigenvalue weighted by Gasteiger charge is 2.36. The molecule has 0 saturated carbocycles. The van der Waals surface area contributed by atoms with Gasteiger partial charge in [-0.25, -0.2) is 18.5 Å². The van der Waals surface area contributed by atoms with Gasteiger partial charge in [0, 0.05) is 17.8 Å². The first-order valence-corrected chi connectivity index (χ1v) is 16.9. The number of hydrogen-bond donors (Lipinski definition) is 4. The first-order chi connectivity index (χ1) is 26.3. The molecule has 4 rings (SSSR count). The van der Waals surface area contributed by atoms with Gasteiger partial charge in [-0.15, -0.1) is 0 Å². The number of hydrogen-bond acceptors (Lipinski definition) is 11. The van der Waals surface area contributed by atoms with E-state index in [0.29, 0.717) is 16.9 Å². The average molecular weight is 779 g/mol. The number of para-hydroxylation sites is 2. The molecule has 56 heavy (non-hydrogen) atoms. The fourth-order valence-electron chi connectivity index (χ4n) is 4.46. The van der Waals surface area contributed by atoms with Gasteiger partial charge in [0.05, 0.1) is 15.5 Å². The molecular formula is C37H41BF2N6O10. The van der Waals surface area contributed by atoms with Crippen molar-refractivity contribution in [3.8, 4) is 0 Å². The van der Waals surface area contributed by atoms with Gasteiger partial charge >= 0.3 is 13.1 Å². The van der Waals surface area contributed by atoms with E-state index in [-0.39, 0.29) is 12.1 Å². The number of nitrogens with two attached hydrogens (primary N) is 1. The predicted molar refractivity (Wildman–Crippen MR) is 205 cm³/mol. The second-order valence-corrected chi connectivity index (χ2v) is 12.5. The number of alkyl carbamates (subject to hydrolysis) is 1. The number of imide groups is 1. The average Bonchev–Trinajstić information content (AvgIpc) is 3.14. The Labute approximate surface area is 321 Å². The van der Waals surface area contributed by atoms with E-state index >= 15 is 0 Å². The van der Waals surface area contributed by atoms with Crippen LogP contribution in [0.15, 0.2) is 97.1 Å². The largest absolute Gasteiger partial charge is 0.444 e. The molecule has 0 bridgehead atoms. The third kappa shape index (κ3) is 13.7. The highest BCUT2D eigenvalue weighted by atomic mass is 19.1. The van der Waals surface area contributed by atoms with Crippen molar-refractivity contribution in [2.45, 2.75) is 59.0 Å². The summed E-state index contributed by atoms with van der Waals surface area (Å²) in [6, 6.07) is 20.9. The van der Waals surface area contributed by atoms with E-state index in [0.717, 1.165) is 30.3 Å². The highest BCUT2D eigenvalue weighted by Crippen LogP contribution is 2.27. The van der Waals surface area contributed by atoms with Gasteiger partial charge in [0.15, 0.2) is 11.1 Å². The summed E-state index contributed by atoms with van der Waals surface area (Å²) in [5.41, 5.74) is 1.74. The summed E-state index contributed by atoms with van der Waals surface area (Å²) in [7, 11) is -0.616. The molecule has 4 aromatic rings. The van der Waals surface area contributed by atoms with Gasteiger partial charge in [-0.05, 0) is 69.9 Å². The number of benzene rings is 4. The minimum absolute atomic E-state index is 0.0597. The molecule has 0 aliphatic carbocycles. The van der Waals surface area contributed by atoms with Crippen LogP contribution >= 0.6 is 0 Å². The van der Waals surface area contributed by atoms with Crippen molar-refractivity contribution in [1.29, 1.82) is 0 Å². The molecule has 4 amide bonds. The molecule has 0 spiro atoms. The lowest BCUT2D eigenvalue weighted by molar-refractivity contribution is -0.385. The van der Waals surface area contributed by atoms with Gasteiger partial charge in [0.25, 0.3) is 29.1 Å². The van der Waals surface area contributed by atoms with Crippen LogP contribution in [0.5, 0.6) is 0 Å². The first-order valence-electron chi connectivity index (χ1n) is 16.9. The Morgan fingerprint density at radius 3 is 1.73 bits per heavy atom. The van der Waals surface area contributed by atoms with Crippen molar-refractivity contribution in [1.82, 2.24) is 5.32 Å². The van der Waals surface area contributed by atoms with E-state index in [9.17, 15) is 48.2 Å². The SMILES string of the molecule is CCB(N)O.CC[C@H](NC(=O)OC(C)(C)C)C(=O)N(C(=O)c1c(F)cccc1[N+](=O)[O-])c1ccccc1.O=C(Nc1ccccc1)c1c(F)cccc1[N+](=O)[O-]. The fourth-order valence-corrected chi connectivity index (χ4v) is 4.46. The Bertz CT molecular complexity index is 2000. The molecule has 296 valence electrons. The van der Waals surface area contributed by atoms with Crippen molar-refractivity contribution < 1.29 is 47.6 Å². The second kappa shape index (κ2) is 21.3. The number of nitro benzene ring substituents is 2. The summed E-state index contributed by atoms with van der Waals surface area (Å²) in [5.74, 6) is -5.05. The van der Waals surface area contributed by atoms with E-state index in [1.807, 2.05) is 6.92 Å². The number of carbonyl (C=O) groups excluding carboxylic acids is 4. The number of amides is 4. The molecule has 16 nitrogen and oxygen atoms in total. The minimum Gasteiger partial charge on any atom is -0.444 e. The standard InChI is InChI=1S/C22H24FN3O6.C13H9FN2O3.C2H8BNO/c1-5-16(24-21(29)32-22(2,3)4)19(27)25(14-10-7-6-8-11-14)20(28)18-15(23)12-9-13-17(18)26(30)31;14-10-7-4-8-11(16(18)19)12(10)13(17)15-9-5-2-1-3-6-9;1-2-3(4)5/h6-13,16H,5H2,1-4H3,(H,24,29);1-8H,(H,15,17);5H,2,4H2,1H3/t16-;;/m0../s1. The Morgan fingerprint density at radius 2 is 1.29 bits per heavy atom. The highest BCUT2D eigenvalue weighted by molar-refractivity contribution is 6.46. The summed E-state index contributed by atoms with van der Waals surface area (Å²) < 4.78 is 33.3. The van der Waals surface area contributed by atoms with Crippen LogP contribution in [0.1, 0.15) is 61.8 Å². The summed E-state index contributed by atoms with van der Waals surface area (Å²) in [4.78, 5) is 71.8. The van der Waals surface area contributed by atoms with Crippen molar-refractivity contribution >= 4 is 53.6 Å². The summed E-state index contributed by atoms with van der Waals surface area (Å²) in [6.45, 7) is 8.36. The van der Waals surface area contributed by atoms with Crippen LogP contribution in [0.4, 0.5) is 36.3 Å². The van der Waals surface area contributed by atoms with E-state index in [4.69, 9.17) is 15.4 Å². The molecule has 0 heterocycles. The molecule has 0 saturated heterocycles. The van der Waals surface area contributed by atoms with E-state index in [1.165, 1.54) is 18.2 Å². The number of anilines is 2. The molecule has 0 unspecified atom stereocenters. The summed E-state index contributed by atoms with van der Waals surface area (Å²) in [6.07, 6.45) is -0.163. The molecule has 0 aliphatic rings. The molecule has 5 N–H and O–H groups in total. The zero-order valence-corrected chi connectivity index (χ0v) is 31.1. The number of carbonyl (C=O) groups is 4. The van der Waals surface area contributed by atoms with Gasteiger partial charge in [0.2, 0.25) is 0 Å². The quantitative estimate of drug-likeness (QED) is 0.0756. The second-order valence-electron chi connectivity index (χ2n) is 12.5. The lowest BCUT2D eigenvalue weighted by Crippen LogP contribution is -2.51. The topological polar surface area (TPSA) is 237 Å². The molecule has 19 heteroatoms. The molecule has 0 aliphatic heterocycles. The maximum atomic E-state index is 14.5. The number of rotatable bonds is 10. The predicted octanol–water partition coefficient (Wildman–Crippen LogP) is 6.64. The van der Waals surface area contributed by atoms with E-state index in [1.54, 1.807) is 76.2 Å². The third-order valence-corrected chi connectivity index (χ3v) is 7.10. The van der Waals surface area contributed by atoms with Crippen LogP contribution in [0.3, 0.4) is 0 Å². The zero-order valence-electron chi connectivity index (χ0n) is 31.1.